The van der Waals surface area contributed by atoms with Gasteiger partial charge in [0.15, 0.2) is 5.82 Å². The van der Waals surface area contributed by atoms with Crippen LogP contribution in [0.2, 0.25) is 0 Å². The molecule has 0 aromatic carbocycles. The first-order valence-corrected chi connectivity index (χ1v) is 4.26. The molecule has 86 valence electrons. The van der Waals surface area contributed by atoms with Crippen LogP contribution < -0.4 is 5.73 Å². The predicted octanol–water partition coefficient (Wildman–Crippen LogP) is 2.14. The summed E-state index contributed by atoms with van der Waals surface area (Å²) in [7, 11) is 0. The third-order valence-electron chi connectivity index (χ3n) is 1.48. The smallest absolute Gasteiger partial charge is 0.387 e. The van der Waals surface area contributed by atoms with Crippen molar-refractivity contribution in [2.24, 2.45) is 15.7 Å². The molecule has 0 amide bonds. The van der Waals surface area contributed by atoms with Crippen molar-refractivity contribution in [1.82, 2.24) is 4.98 Å². The van der Waals surface area contributed by atoms with Crippen LogP contribution in [0.1, 0.15) is 12.6 Å². The molecule has 1 heterocycles. The largest absolute Gasteiger partial charge is 0.433 e. The van der Waals surface area contributed by atoms with E-state index in [1.807, 2.05) is 0 Å². The van der Waals surface area contributed by atoms with Crippen LogP contribution in [0.4, 0.5) is 19.0 Å². The summed E-state index contributed by atoms with van der Waals surface area (Å²) in [5.74, 6) is 0.190. The lowest BCUT2D eigenvalue weighted by molar-refractivity contribution is -0.141. The summed E-state index contributed by atoms with van der Waals surface area (Å²) in [6, 6.07) is 3.44. The first kappa shape index (κ1) is 12.2. The Morgan fingerprint density at radius 1 is 1.44 bits per heavy atom. The number of halogens is 3. The molecule has 0 unspecified atom stereocenters. The molecule has 1 aromatic heterocycles. The molecule has 0 aliphatic carbocycles. The van der Waals surface area contributed by atoms with Gasteiger partial charge in [0, 0.05) is 0 Å². The monoisotopic (exact) mass is 230 g/mol. The molecule has 0 saturated heterocycles. The van der Waals surface area contributed by atoms with Crippen molar-refractivity contribution in [2.45, 2.75) is 13.1 Å². The fourth-order valence-corrected chi connectivity index (χ4v) is 0.832. The Balaban J connectivity index is 2.92. The summed E-state index contributed by atoms with van der Waals surface area (Å²) in [6.45, 7) is 1.53. The highest BCUT2D eigenvalue weighted by Crippen LogP contribution is 2.28. The molecule has 4 nitrogen and oxygen atoms in total. The lowest BCUT2D eigenvalue weighted by Gasteiger charge is -2.04. The van der Waals surface area contributed by atoms with Crippen molar-refractivity contribution in [2.75, 3.05) is 0 Å². The molecule has 0 atom stereocenters. The summed E-state index contributed by atoms with van der Waals surface area (Å²) in [6.07, 6.45) is -3.42. The Kier molecular flexibility index (Phi) is 3.60. The highest BCUT2D eigenvalue weighted by Gasteiger charge is 2.32. The molecule has 0 saturated carbocycles. The Morgan fingerprint density at radius 2 is 2.12 bits per heavy atom. The molecule has 1 rings (SSSR count). The zero-order valence-electron chi connectivity index (χ0n) is 8.36. The minimum absolute atomic E-state index is 0.0696. The average molecular weight is 230 g/mol. The lowest BCUT2D eigenvalue weighted by Crippen LogP contribution is -2.07. The minimum atomic E-state index is -4.47. The summed E-state index contributed by atoms with van der Waals surface area (Å²) in [4.78, 5) is 10.5. The van der Waals surface area contributed by atoms with E-state index in [9.17, 15) is 13.2 Å². The Bertz CT molecular complexity index is 419. The maximum absolute atomic E-state index is 12.3. The summed E-state index contributed by atoms with van der Waals surface area (Å²) in [5.41, 5.74) is 4.22. The van der Waals surface area contributed by atoms with Gasteiger partial charge < -0.3 is 5.73 Å². The summed E-state index contributed by atoms with van der Waals surface area (Å²) in [5, 5.41) is 0. The number of nitrogens with zero attached hydrogens (tertiary/aromatic N) is 3. The van der Waals surface area contributed by atoms with Gasteiger partial charge in [-0.15, -0.1) is 0 Å². The molecular weight excluding hydrogens is 221 g/mol. The van der Waals surface area contributed by atoms with Gasteiger partial charge in [-0.05, 0) is 19.1 Å². The highest BCUT2D eigenvalue weighted by molar-refractivity contribution is 5.85. The van der Waals surface area contributed by atoms with E-state index in [4.69, 9.17) is 5.73 Å². The van der Waals surface area contributed by atoms with E-state index in [0.717, 1.165) is 12.4 Å². The van der Waals surface area contributed by atoms with Crippen LogP contribution in [0.15, 0.2) is 28.2 Å². The first-order chi connectivity index (χ1) is 7.39. The molecule has 7 heteroatoms. The quantitative estimate of drug-likeness (QED) is 0.624. The van der Waals surface area contributed by atoms with Gasteiger partial charge in [0.1, 0.15) is 12.0 Å². The summed E-state index contributed by atoms with van der Waals surface area (Å²) >= 11 is 0. The Morgan fingerprint density at radius 3 is 2.69 bits per heavy atom. The Labute approximate surface area is 89.7 Å². The number of nitrogens with two attached hydrogens (primary N) is 1. The maximum atomic E-state index is 12.3. The van der Waals surface area contributed by atoms with Gasteiger partial charge in [-0.25, -0.2) is 15.0 Å². The van der Waals surface area contributed by atoms with Crippen LogP contribution in [0, 0.1) is 0 Å². The molecule has 0 aliphatic heterocycles. The van der Waals surface area contributed by atoms with Crippen molar-refractivity contribution in [3.63, 3.8) is 0 Å². The molecule has 2 N–H and O–H groups in total. The molecule has 0 aliphatic rings. The van der Waals surface area contributed by atoms with Crippen LogP contribution in [0.5, 0.6) is 0 Å². The molecule has 0 spiro atoms. The highest BCUT2D eigenvalue weighted by atomic mass is 19.4. The number of rotatable bonds is 2. The number of pyridine rings is 1. The molecule has 0 bridgehead atoms. The van der Waals surface area contributed by atoms with E-state index in [-0.39, 0.29) is 11.7 Å². The lowest BCUT2D eigenvalue weighted by atomic mass is 10.3. The van der Waals surface area contributed by atoms with Crippen LogP contribution >= 0.6 is 0 Å². The average Bonchev–Trinajstić information content (AvgIpc) is 2.16. The van der Waals surface area contributed by atoms with Crippen molar-refractivity contribution in [1.29, 1.82) is 0 Å². The van der Waals surface area contributed by atoms with E-state index in [1.165, 1.54) is 19.1 Å². The second kappa shape index (κ2) is 4.73. The molecule has 0 radical (unpaired) electrons. The fraction of sp³-hybridized carbons (Fsp3) is 0.222. The fourth-order valence-electron chi connectivity index (χ4n) is 0.832. The molecular formula is C9H9F3N4. The number of alkyl halides is 3. The number of aromatic nitrogens is 1. The number of aliphatic imine (C=N–C) groups is 2. The van der Waals surface area contributed by atoms with Crippen molar-refractivity contribution >= 4 is 18.0 Å². The van der Waals surface area contributed by atoms with E-state index in [2.05, 4.69) is 15.0 Å². The van der Waals surface area contributed by atoms with E-state index >= 15 is 0 Å². The van der Waals surface area contributed by atoms with Gasteiger partial charge in [0.25, 0.3) is 0 Å². The van der Waals surface area contributed by atoms with Gasteiger partial charge in [-0.2, -0.15) is 13.2 Å². The molecule has 16 heavy (non-hydrogen) atoms. The molecule has 1 aromatic rings. The second-order valence-electron chi connectivity index (χ2n) is 2.89. The van der Waals surface area contributed by atoms with E-state index in [1.54, 1.807) is 0 Å². The number of amidine groups is 1. The second-order valence-corrected chi connectivity index (χ2v) is 2.89. The minimum Gasteiger partial charge on any atom is -0.387 e. The number of hydrogen-bond acceptors (Lipinski definition) is 2. The maximum Gasteiger partial charge on any atom is 0.433 e. The topological polar surface area (TPSA) is 63.6 Å². The van der Waals surface area contributed by atoms with E-state index < -0.39 is 11.9 Å². The molecule has 0 fully saturated rings. The van der Waals surface area contributed by atoms with E-state index in [0.29, 0.717) is 0 Å². The predicted molar refractivity (Wildman–Crippen MR) is 54.7 cm³/mol. The van der Waals surface area contributed by atoms with Gasteiger partial charge in [0.2, 0.25) is 0 Å². The van der Waals surface area contributed by atoms with Gasteiger partial charge in [-0.3, -0.25) is 0 Å². The van der Waals surface area contributed by atoms with Crippen LogP contribution in [-0.4, -0.2) is 17.2 Å². The normalized spacial score (nSPS) is 13.4. The van der Waals surface area contributed by atoms with Crippen LogP contribution in [-0.2, 0) is 6.18 Å². The van der Waals surface area contributed by atoms with Gasteiger partial charge in [-0.1, -0.05) is 6.07 Å². The SMILES string of the molecule is CC(N)=NC=Nc1cccc(C(F)(F)F)n1. The third-order valence-corrected chi connectivity index (χ3v) is 1.48. The van der Waals surface area contributed by atoms with Crippen molar-refractivity contribution in [3.05, 3.63) is 23.9 Å². The van der Waals surface area contributed by atoms with Crippen LogP contribution in [0.3, 0.4) is 0 Å². The first-order valence-electron chi connectivity index (χ1n) is 4.26. The van der Waals surface area contributed by atoms with Crippen LogP contribution in [0.25, 0.3) is 0 Å². The van der Waals surface area contributed by atoms with Gasteiger partial charge in [0.05, 0.1) is 5.84 Å². The van der Waals surface area contributed by atoms with Gasteiger partial charge >= 0.3 is 6.18 Å². The third kappa shape index (κ3) is 3.68. The van der Waals surface area contributed by atoms with Crippen molar-refractivity contribution in [3.8, 4) is 0 Å². The zero-order valence-corrected chi connectivity index (χ0v) is 8.36. The Hall–Kier alpha value is -1.92. The standard InChI is InChI=1S/C9H9F3N4/c1-6(13)14-5-15-8-4-2-3-7(16-8)9(10,11)12/h2-5H,1H3,(H2,13,14,15,16). The van der Waals surface area contributed by atoms with Crippen molar-refractivity contribution < 1.29 is 13.2 Å². The summed E-state index contributed by atoms with van der Waals surface area (Å²) < 4.78 is 36.8. The zero-order chi connectivity index (χ0) is 12.2. The number of hydrogen-bond donors (Lipinski definition) is 1.